The summed E-state index contributed by atoms with van der Waals surface area (Å²) in [6, 6.07) is 0.680. The highest BCUT2D eigenvalue weighted by molar-refractivity contribution is 5.89. The van der Waals surface area contributed by atoms with Crippen LogP contribution < -0.4 is 5.32 Å². The molecule has 0 unspecified atom stereocenters. The van der Waals surface area contributed by atoms with E-state index in [4.69, 9.17) is 14.0 Å². The van der Waals surface area contributed by atoms with Crippen molar-refractivity contribution >= 4 is 16.8 Å². The minimum Gasteiger partial charge on any atom is -0.394 e. The van der Waals surface area contributed by atoms with Gasteiger partial charge >= 0.3 is 0 Å². The Hall–Kier alpha value is -2.63. The SMILES string of the molecule is Cn1ncnc1[C@H](CO)Nc1noc2c(F)c(F)c(C3OCCO3)cc12. The van der Waals surface area contributed by atoms with E-state index in [1.54, 1.807) is 7.05 Å². The van der Waals surface area contributed by atoms with Gasteiger partial charge in [-0.3, -0.25) is 4.68 Å². The van der Waals surface area contributed by atoms with E-state index in [0.717, 1.165) is 0 Å². The Bertz CT molecular complexity index is 938. The molecule has 0 bridgehead atoms. The number of halogens is 2. The van der Waals surface area contributed by atoms with E-state index in [1.807, 2.05) is 0 Å². The number of aryl methyl sites for hydroxylation is 1. The average Bonchev–Trinajstić information content (AvgIpc) is 3.37. The molecule has 11 heteroatoms. The van der Waals surface area contributed by atoms with Crippen LogP contribution in [-0.2, 0) is 16.5 Å². The molecule has 1 aliphatic rings. The van der Waals surface area contributed by atoms with Crippen LogP contribution >= 0.6 is 0 Å². The third-order valence-corrected chi connectivity index (χ3v) is 4.10. The van der Waals surface area contributed by atoms with Crippen molar-refractivity contribution in [3.05, 3.63) is 35.4 Å². The zero-order chi connectivity index (χ0) is 18.3. The van der Waals surface area contributed by atoms with Crippen molar-refractivity contribution in [1.82, 2.24) is 19.9 Å². The summed E-state index contributed by atoms with van der Waals surface area (Å²) in [5, 5.41) is 20.4. The number of ether oxygens (including phenoxy) is 2. The first kappa shape index (κ1) is 16.8. The summed E-state index contributed by atoms with van der Waals surface area (Å²) in [6.45, 7) is 0.251. The zero-order valence-electron chi connectivity index (χ0n) is 13.6. The zero-order valence-corrected chi connectivity index (χ0v) is 13.6. The number of nitrogens with one attached hydrogen (secondary N) is 1. The predicted octanol–water partition coefficient (Wildman–Crippen LogP) is 1.43. The lowest BCUT2D eigenvalue weighted by molar-refractivity contribution is -0.0467. The van der Waals surface area contributed by atoms with Gasteiger partial charge in [0.1, 0.15) is 12.4 Å². The smallest absolute Gasteiger partial charge is 0.207 e. The second-order valence-electron chi connectivity index (χ2n) is 5.70. The van der Waals surface area contributed by atoms with Crippen LogP contribution in [0.15, 0.2) is 16.9 Å². The summed E-state index contributed by atoms with van der Waals surface area (Å²) in [6.07, 6.45) is 0.340. The lowest BCUT2D eigenvalue weighted by Gasteiger charge is -2.15. The second-order valence-corrected chi connectivity index (χ2v) is 5.70. The molecule has 1 aromatic carbocycles. The van der Waals surface area contributed by atoms with E-state index < -0.39 is 24.0 Å². The molecule has 0 radical (unpaired) electrons. The standard InChI is InChI=1S/C15H15F2N5O4/c1-22-14(18-6-19-22)9(5-23)20-13-8-4-7(15-24-2-3-25-15)10(16)11(17)12(8)26-21-13/h4,6,9,15,23H,2-3,5H2,1H3,(H,20,21)/t9-/m0/s1. The van der Waals surface area contributed by atoms with Gasteiger partial charge in [-0.05, 0) is 6.07 Å². The molecule has 1 aliphatic heterocycles. The van der Waals surface area contributed by atoms with Crippen LogP contribution in [0.5, 0.6) is 0 Å². The fourth-order valence-corrected chi connectivity index (χ4v) is 2.83. The van der Waals surface area contributed by atoms with Crippen molar-refractivity contribution in [1.29, 1.82) is 0 Å². The molecule has 3 aromatic rings. The lowest BCUT2D eigenvalue weighted by Crippen LogP contribution is -2.19. The molecule has 2 aromatic heterocycles. The van der Waals surface area contributed by atoms with Crippen LogP contribution in [0.3, 0.4) is 0 Å². The highest BCUT2D eigenvalue weighted by Gasteiger charge is 2.29. The molecule has 4 rings (SSSR count). The molecule has 0 saturated carbocycles. The molecular weight excluding hydrogens is 352 g/mol. The van der Waals surface area contributed by atoms with Crippen LogP contribution in [-0.4, -0.2) is 44.8 Å². The minimum absolute atomic E-state index is 0.0852. The van der Waals surface area contributed by atoms with Crippen molar-refractivity contribution in [2.75, 3.05) is 25.1 Å². The van der Waals surface area contributed by atoms with Gasteiger partial charge in [-0.2, -0.15) is 9.49 Å². The number of rotatable bonds is 5. The average molecular weight is 367 g/mol. The normalized spacial score (nSPS) is 16.5. The Morgan fingerprint density at radius 2 is 2.12 bits per heavy atom. The summed E-state index contributed by atoms with van der Waals surface area (Å²) < 4.78 is 45.6. The summed E-state index contributed by atoms with van der Waals surface area (Å²) in [5.41, 5.74) is -0.431. The molecule has 3 heterocycles. The van der Waals surface area contributed by atoms with Crippen molar-refractivity contribution in [2.24, 2.45) is 7.05 Å². The maximum absolute atomic E-state index is 14.4. The fourth-order valence-electron chi connectivity index (χ4n) is 2.83. The van der Waals surface area contributed by atoms with Crippen molar-refractivity contribution in [3.8, 4) is 0 Å². The Balaban J connectivity index is 1.75. The first-order valence-electron chi connectivity index (χ1n) is 7.82. The lowest BCUT2D eigenvalue weighted by atomic mass is 10.1. The number of nitrogens with zero attached hydrogens (tertiary/aromatic N) is 4. The van der Waals surface area contributed by atoms with Crippen LogP contribution in [0.25, 0.3) is 11.0 Å². The Morgan fingerprint density at radius 1 is 1.35 bits per heavy atom. The molecule has 1 saturated heterocycles. The molecule has 1 atom stereocenters. The van der Waals surface area contributed by atoms with Gasteiger partial charge in [-0.15, -0.1) is 0 Å². The van der Waals surface area contributed by atoms with E-state index in [0.29, 0.717) is 5.82 Å². The summed E-state index contributed by atoms with van der Waals surface area (Å²) in [7, 11) is 1.66. The highest BCUT2D eigenvalue weighted by Crippen LogP contribution is 2.35. The number of aromatic nitrogens is 4. The van der Waals surface area contributed by atoms with Gasteiger partial charge in [0, 0.05) is 12.6 Å². The third-order valence-electron chi connectivity index (χ3n) is 4.10. The van der Waals surface area contributed by atoms with Crippen LogP contribution in [0, 0.1) is 11.6 Å². The van der Waals surface area contributed by atoms with E-state index in [2.05, 4.69) is 20.6 Å². The number of aliphatic hydroxyl groups excluding tert-OH is 1. The first-order chi connectivity index (χ1) is 12.6. The van der Waals surface area contributed by atoms with Gasteiger partial charge in [0.2, 0.25) is 11.4 Å². The monoisotopic (exact) mass is 367 g/mol. The Labute approximate surface area is 145 Å². The summed E-state index contributed by atoms with van der Waals surface area (Å²) in [5.74, 6) is -1.73. The van der Waals surface area contributed by atoms with E-state index in [1.165, 1.54) is 17.1 Å². The van der Waals surface area contributed by atoms with Crippen LogP contribution in [0.1, 0.15) is 23.7 Å². The number of aliphatic hydroxyl groups is 1. The molecule has 138 valence electrons. The van der Waals surface area contributed by atoms with Gasteiger partial charge in [0.15, 0.2) is 23.7 Å². The van der Waals surface area contributed by atoms with Crippen LogP contribution in [0.2, 0.25) is 0 Å². The highest BCUT2D eigenvalue weighted by atomic mass is 19.2. The maximum atomic E-state index is 14.4. The number of hydrogen-bond acceptors (Lipinski definition) is 8. The number of anilines is 1. The Kier molecular flexibility index (Phi) is 4.26. The number of benzene rings is 1. The molecule has 0 spiro atoms. The van der Waals surface area contributed by atoms with E-state index in [9.17, 15) is 13.9 Å². The molecule has 9 nitrogen and oxygen atoms in total. The topological polar surface area (TPSA) is 107 Å². The van der Waals surface area contributed by atoms with Gasteiger partial charge in [-0.1, -0.05) is 5.16 Å². The molecule has 26 heavy (non-hydrogen) atoms. The van der Waals surface area contributed by atoms with E-state index in [-0.39, 0.29) is 42.2 Å². The van der Waals surface area contributed by atoms with Crippen molar-refractivity contribution in [2.45, 2.75) is 12.3 Å². The summed E-state index contributed by atoms with van der Waals surface area (Å²) in [4.78, 5) is 4.06. The van der Waals surface area contributed by atoms with Crippen molar-refractivity contribution in [3.63, 3.8) is 0 Å². The predicted molar refractivity (Wildman–Crippen MR) is 83.0 cm³/mol. The number of hydrogen-bond donors (Lipinski definition) is 2. The number of fused-ring (bicyclic) bond motifs is 1. The van der Waals surface area contributed by atoms with Crippen molar-refractivity contribution < 1.29 is 27.9 Å². The van der Waals surface area contributed by atoms with Gasteiger partial charge in [0.05, 0.1) is 25.2 Å². The second kappa shape index (κ2) is 6.59. The summed E-state index contributed by atoms with van der Waals surface area (Å²) >= 11 is 0. The van der Waals surface area contributed by atoms with Crippen LogP contribution in [0.4, 0.5) is 14.6 Å². The Morgan fingerprint density at radius 3 is 2.77 bits per heavy atom. The third kappa shape index (κ3) is 2.69. The quantitative estimate of drug-likeness (QED) is 0.697. The first-order valence-corrected chi connectivity index (χ1v) is 7.82. The molecular formula is C15H15F2N5O4. The van der Waals surface area contributed by atoms with Gasteiger partial charge < -0.3 is 24.4 Å². The molecule has 2 N–H and O–H groups in total. The molecule has 0 amide bonds. The van der Waals surface area contributed by atoms with Gasteiger partial charge in [-0.25, -0.2) is 9.37 Å². The van der Waals surface area contributed by atoms with E-state index >= 15 is 0 Å². The maximum Gasteiger partial charge on any atom is 0.207 e. The molecule has 0 aliphatic carbocycles. The molecule has 1 fully saturated rings. The fraction of sp³-hybridized carbons (Fsp3) is 0.400. The largest absolute Gasteiger partial charge is 0.394 e. The van der Waals surface area contributed by atoms with Gasteiger partial charge in [0.25, 0.3) is 0 Å². The minimum atomic E-state index is -1.18.